The first-order valence-corrected chi connectivity index (χ1v) is 8.20. The molecule has 0 bridgehead atoms. The lowest BCUT2D eigenvalue weighted by Gasteiger charge is -2.32. The molecule has 2 aliphatic heterocycles. The minimum atomic E-state index is -0.737. The Balaban J connectivity index is 1.97. The maximum Gasteiger partial charge on any atom is 0.257 e. The van der Waals surface area contributed by atoms with E-state index in [9.17, 15) is 4.79 Å². The third kappa shape index (κ3) is 1.63. The van der Waals surface area contributed by atoms with Crippen molar-refractivity contribution in [2.75, 3.05) is 19.4 Å². The molecule has 1 unspecified atom stereocenters. The lowest BCUT2D eigenvalue weighted by molar-refractivity contribution is -0.0305. The van der Waals surface area contributed by atoms with Crippen molar-refractivity contribution in [3.05, 3.63) is 65.2 Å². The van der Waals surface area contributed by atoms with Gasteiger partial charge >= 0.3 is 0 Å². The van der Waals surface area contributed by atoms with E-state index in [1.807, 2.05) is 41.3 Å². The number of carbonyl (C=O) groups excluding carboxylic acids is 1. The molecule has 2 aromatic rings. The van der Waals surface area contributed by atoms with Gasteiger partial charge in [-0.05, 0) is 24.5 Å². The number of hydrogen-bond donors (Lipinski definition) is 0. The standard InChI is InChI=1S/C17H15NO2S/c1-21-13-6-4-5-12(11-13)17-15-8-3-2-7-14(15)16(19)18(17)9-10-20-17/h2-8,11H,9-10H2,1H3. The smallest absolute Gasteiger partial charge is 0.257 e. The Hall–Kier alpha value is -1.78. The number of benzene rings is 2. The van der Waals surface area contributed by atoms with E-state index >= 15 is 0 Å². The quantitative estimate of drug-likeness (QED) is 0.798. The summed E-state index contributed by atoms with van der Waals surface area (Å²) in [4.78, 5) is 15.7. The number of ether oxygens (including phenoxy) is 1. The van der Waals surface area contributed by atoms with Crippen molar-refractivity contribution in [2.24, 2.45) is 0 Å². The molecule has 2 aliphatic rings. The number of carbonyl (C=O) groups is 1. The van der Waals surface area contributed by atoms with Crippen LogP contribution >= 0.6 is 11.8 Å². The number of nitrogens with zero attached hydrogens (tertiary/aromatic N) is 1. The molecule has 0 aliphatic carbocycles. The molecular formula is C17H15NO2S. The van der Waals surface area contributed by atoms with Gasteiger partial charge in [0.1, 0.15) is 0 Å². The zero-order valence-electron chi connectivity index (χ0n) is 11.7. The zero-order valence-corrected chi connectivity index (χ0v) is 12.5. The van der Waals surface area contributed by atoms with Crippen LogP contribution in [0.15, 0.2) is 53.4 Å². The number of amides is 1. The largest absolute Gasteiger partial charge is 0.345 e. The second kappa shape index (κ2) is 4.61. The Morgan fingerprint density at radius 3 is 2.90 bits per heavy atom. The van der Waals surface area contributed by atoms with Crippen LogP contribution in [0.25, 0.3) is 0 Å². The molecule has 2 heterocycles. The molecule has 3 nitrogen and oxygen atoms in total. The van der Waals surface area contributed by atoms with Gasteiger partial charge in [0.05, 0.1) is 6.61 Å². The minimum Gasteiger partial charge on any atom is -0.345 e. The van der Waals surface area contributed by atoms with Crippen LogP contribution in [0.1, 0.15) is 21.5 Å². The second-order valence-electron chi connectivity index (χ2n) is 5.23. The maximum atomic E-state index is 12.7. The van der Waals surface area contributed by atoms with E-state index in [1.54, 1.807) is 11.8 Å². The van der Waals surface area contributed by atoms with E-state index in [1.165, 1.54) is 4.90 Å². The molecule has 0 spiro atoms. The molecule has 2 aromatic carbocycles. The molecule has 1 amide bonds. The molecule has 4 heteroatoms. The first-order chi connectivity index (χ1) is 10.3. The highest BCUT2D eigenvalue weighted by molar-refractivity contribution is 7.98. The zero-order chi connectivity index (χ0) is 14.4. The molecule has 106 valence electrons. The summed E-state index contributed by atoms with van der Waals surface area (Å²) in [6.45, 7) is 1.21. The summed E-state index contributed by atoms with van der Waals surface area (Å²) < 4.78 is 6.14. The first kappa shape index (κ1) is 12.9. The Kier molecular flexibility index (Phi) is 2.84. The number of hydrogen-bond acceptors (Lipinski definition) is 3. The van der Waals surface area contributed by atoms with Gasteiger partial charge in [0.2, 0.25) is 0 Å². The Morgan fingerprint density at radius 2 is 2.05 bits per heavy atom. The topological polar surface area (TPSA) is 29.5 Å². The minimum absolute atomic E-state index is 0.0673. The van der Waals surface area contributed by atoms with E-state index in [0.29, 0.717) is 13.2 Å². The normalized spacial score (nSPS) is 23.3. The molecular weight excluding hydrogens is 282 g/mol. The van der Waals surface area contributed by atoms with E-state index in [2.05, 4.69) is 18.4 Å². The number of rotatable bonds is 2. The van der Waals surface area contributed by atoms with Crippen LogP contribution in [-0.4, -0.2) is 30.2 Å². The predicted molar refractivity (Wildman–Crippen MR) is 82.4 cm³/mol. The molecule has 4 rings (SSSR count). The van der Waals surface area contributed by atoms with E-state index in [-0.39, 0.29) is 5.91 Å². The van der Waals surface area contributed by atoms with E-state index in [4.69, 9.17) is 4.74 Å². The van der Waals surface area contributed by atoms with Gasteiger partial charge in [-0.2, -0.15) is 0 Å². The lowest BCUT2D eigenvalue weighted by Crippen LogP contribution is -2.40. The van der Waals surface area contributed by atoms with Gasteiger partial charge in [0.25, 0.3) is 5.91 Å². The fourth-order valence-electron chi connectivity index (χ4n) is 3.33. The fraction of sp³-hybridized carbons (Fsp3) is 0.235. The van der Waals surface area contributed by atoms with E-state index < -0.39 is 5.72 Å². The van der Waals surface area contributed by atoms with Gasteiger partial charge in [0.15, 0.2) is 5.72 Å². The van der Waals surface area contributed by atoms with Crippen LogP contribution < -0.4 is 0 Å². The van der Waals surface area contributed by atoms with Gasteiger partial charge in [-0.15, -0.1) is 11.8 Å². The third-order valence-corrected chi connectivity index (χ3v) is 4.96. The molecule has 0 N–H and O–H groups in total. The fourth-order valence-corrected chi connectivity index (χ4v) is 3.79. The molecule has 1 atom stereocenters. The SMILES string of the molecule is CSc1cccc(C23OCCN2C(=O)c2ccccc23)c1. The number of fused-ring (bicyclic) bond motifs is 3. The van der Waals surface area contributed by atoms with Crippen molar-refractivity contribution in [1.29, 1.82) is 0 Å². The van der Waals surface area contributed by atoms with Crippen molar-refractivity contribution in [3.8, 4) is 0 Å². The summed E-state index contributed by atoms with van der Waals surface area (Å²) in [5.41, 5.74) is 2.02. The van der Waals surface area contributed by atoms with Crippen LogP contribution in [0.5, 0.6) is 0 Å². The monoisotopic (exact) mass is 297 g/mol. The summed E-state index contributed by atoms with van der Waals surface area (Å²) in [5.74, 6) is 0.0673. The summed E-state index contributed by atoms with van der Waals surface area (Å²) in [7, 11) is 0. The summed E-state index contributed by atoms with van der Waals surface area (Å²) in [6, 6.07) is 16.0. The average molecular weight is 297 g/mol. The molecule has 0 saturated carbocycles. The molecule has 1 saturated heterocycles. The summed E-state index contributed by atoms with van der Waals surface area (Å²) in [5, 5.41) is 0. The van der Waals surface area contributed by atoms with Gasteiger partial charge in [-0.1, -0.05) is 30.3 Å². The number of thioether (sulfide) groups is 1. The lowest BCUT2D eigenvalue weighted by atomic mass is 9.94. The first-order valence-electron chi connectivity index (χ1n) is 6.97. The highest BCUT2D eigenvalue weighted by atomic mass is 32.2. The van der Waals surface area contributed by atoms with Crippen molar-refractivity contribution < 1.29 is 9.53 Å². The Morgan fingerprint density at radius 1 is 1.19 bits per heavy atom. The molecule has 1 fully saturated rings. The second-order valence-corrected chi connectivity index (χ2v) is 6.11. The van der Waals surface area contributed by atoms with Crippen molar-refractivity contribution in [3.63, 3.8) is 0 Å². The summed E-state index contributed by atoms with van der Waals surface area (Å²) >= 11 is 1.70. The third-order valence-electron chi connectivity index (χ3n) is 4.23. The van der Waals surface area contributed by atoms with Crippen LogP contribution in [0, 0.1) is 0 Å². The van der Waals surface area contributed by atoms with Crippen molar-refractivity contribution >= 4 is 17.7 Å². The van der Waals surface area contributed by atoms with Crippen molar-refractivity contribution in [2.45, 2.75) is 10.6 Å². The maximum absolute atomic E-state index is 12.7. The van der Waals surface area contributed by atoms with Gasteiger partial charge in [-0.25, -0.2) is 0 Å². The van der Waals surface area contributed by atoms with Crippen LogP contribution in [0.4, 0.5) is 0 Å². The van der Waals surface area contributed by atoms with Crippen LogP contribution in [-0.2, 0) is 10.5 Å². The summed E-state index contributed by atoms with van der Waals surface area (Å²) in [6.07, 6.45) is 2.05. The van der Waals surface area contributed by atoms with Crippen LogP contribution in [0.3, 0.4) is 0 Å². The highest BCUT2D eigenvalue weighted by Crippen LogP contribution is 2.48. The Labute approximate surface area is 127 Å². The van der Waals surface area contributed by atoms with Gasteiger partial charge < -0.3 is 4.74 Å². The van der Waals surface area contributed by atoms with Gasteiger partial charge in [-0.3, -0.25) is 9.69 Å². The Bertz CT molecular complexity index is 730. The van der Waals surface area contributed by atoms with Crippen LogP contribution in [0.2, 0.25) is 0 Å². The highest BCUT2D eigenvalue weighted by Gasteiger charge is 2.54. The molecule has 0 radical (unpaired) electrons. The average Bonchev–Trinajstić information content (AvgIpc) is 3.08. The molecule has 21 heavy (non-hydrogen) atoms. The predicted octanol–water partition coefficient (Wildman–Crippen LogP) is 3.10. The van der Waals surface area contributed by atoms with Gasteiger partial charge in [0, 0.05) is 28.1 Å². The van der Waals surface area contributed by atoms with Crippen molar-refractivity contribution in [1.82, 2.24) is 4.90 Å². The molecule has 0 aromatic heterocycles. The van der Waals surface area contributed by atoms with E-state index in [0.717, 1.165) is 16.7 Å².